The smallest absolute Gasteiger partial charge is 0.0697 e. The maximum atomic E-state index is 5.63. The summed E-state index contributed by atoms with van der Waals surface area (Å²) in [5, 5.41) is 7.27. The third-order valence-corrected chi connectivity index (χ3v) is 2.71. The Kier molecular flexibility index (Phi) is 2.46. The largest absolute Gasteiger partial charge is 0.399 e. The molecule has 0 saturated heterocycles. The standard InChI is InChI=1S/C12H15N3/c1-8-9(2)14-15-12(8)7-10-3-5-11(13)6-4-10/h3-6H,7,13H2,1-2H3,(H,14,15). The zero-order valence-electron chi connectivity index (χ0n) is 9.04. The molecule has 0 spiro atoms. The maximum absolute atomic E-state index is 5.63. The normalized spacial score (nSPS) is 10.5. The van der Waals surface area contributed by atoms with Gasteiger partial charge < -0.3 is 5.73 Å². The molecule has 0 aliphatic heterocycles. The SMILES string of the molecule is Cc1[nH]nc(Cc2ccc(N)cc2)c1C. The number of aromatic amines is 1. The van der Waals surface area contributed by atoms with E-state index in [1.165, 1.54) is 11.1 Å². The lowest BCUT2D eigenvalue weighted by Gasteiger charge is -2.00. The second kappa shape index (κ2) is 3.77. The summed E-state index contributed by atoms with van der Waals surface area (Å²) in [6.45, 7) is 4.13. The molecule has 1 aromatic heterocycles. The van der Waals surface area contributed by atoms with E-state index in [0.717, 1.165) is 23.5 Å². The van der Waals surface area contributed by atoms with E-state index in [1.807, 2.05) is 31.2 Å². The van der Waals surface area contributed by atoms with Gasteiger partial charge in [-0.1, -0.05) is 12.1 Å². The van der Waals surface area contributed by atoms with Gasteiger partial charge in [0.15, 0.2) is 0 Å². The molecule has 0 radical (unpaired) electrons. The predicted molar refractivity (Wildman–Crippen MR) is 61.7 cm³/mol. The lowest BCUT2D eigenvalue weighted by Crippen LogP contribution is -1.92. The maximum Gasteiger partial charge on any atom is 0.0697 e. The van der Waals surface area contributed by atoms with Gasteiger partial charge in [0.2, 0.25) is 0 Å². The Labute approximate surface area is 89.3 Å². The topological polar surface area (TPSA) is 54.7 Å². The molecule has 0 saturated carbocycles. The zero-order valence-corrected chi connectivity index (χ0v) is 9.04. The van der Waals surface area contributed by atoms with Crippen LogP contribution in [0.4, 0.5) is 5.69 Å². The molecule has 0 bridgehead atoms. The Bertz CT molecular complexity index is 454. The van der Waals surface area contributed by atoms with Crippen molar-refractivity contribution in [3.63, 3.8) is 0 Å². The fourth-order valence-electron chi connectivity index (χ4n) is 1.54. The van der Waals surface area contributed by atoms with E-state index >= 15 is 0 Å². The van der Waals surface area contributed by atoms with Gasteiger partial charge in [0.1, 0.15) is 0 Å². The summed E-state index contributed by atoms with van der Waals surface area (Å²) < 4.78 is 0. The molecule has 0 aliphatic carbocycles. The molecule has 1 heterocycles. The molecule has 0 unspecified atom stereocenters. The number of nitrogens with two attached hydrogens (primary N) is 1. The second-order valence-electron chi connectivity index (χ2n) is 3.84. The number of anilines is 1. The minimum absolute atomic E-state index is 0.800. The summed E-state index contributed by atoms with van der Waals surface area (Å²) in [5.41, 5.74) is 11.2. The van der Waals surface area contributed by atoms with Gasteiger partial charge in [-0.05, 0) is 37.1 Å². The lowest BCUT2D eigenvalue weighted by atomic mass is 10.1. The molecule has 0 fully saturated rings. The first-order chi connectivity index (χ1) is 7.16. The summed E-state index contributed by atoms with van der Waals surface area (Å²) in [7, 11) is 0. The number of hydrogen-bond acceptors (Lipinski definition) is 2. The molecule has 15 heavy (non-hydrogen) atoms. The van der Waals surface area contributed by atoms with E-state index in [-0.39, 0.29) is 0 Å². The third-order valence-electron chi connectivity index (χ3n) is 2.71. The van der Waals surface area contributed by atoms with Crippen LogP contribution in [0.5, 0.6) is 0 Å². The summed E-state index contributed by atoms with van der Waals surface area (Å²) in [6.07, 6.45) is 0.858. The number of nitrogens with zero attached hydrogens (tertiary/aromatic N) is 1. The molecule has 0 aliphatic rings. The van der Waals surface area contributed by atoms with Crippen molar-refractivity contribution in [2.75, 3.05) is 5.73 Å². The summed E-state index contributed by atoms with van der Waals surface area (Å²) in [5.74, 6) is 0. The average molecular weight is 201 g/mol. The number of nitrogen functional groups attached to an aromatic ring is 1. The van der Waals surface area contributed by atoms with Gasteiger partial charge in [-0.3, -0.25) is 5.10 Å². The van der Waals surface area contributed by atoms with Gasteiger partial charge in [-0.15, -0.1) is 0 Å². The van der Waals surface area contributed by atoms with Crippen molar-refractivity contribution in [1.29, 1.82) is 0 Å². The highest BCUT2D eigenvalue weighted by Crippen LogP contribution is 2.14. The minimum Gasteiger partial charge on any atom is -0.399 e. The van der Waals surface area contributed by atoms with Crippen LogP contribution in [0.15, 0.2) is 24.3 Å². The number of rotatable bonds is 2. The van der Waals surface area contributed by atoms with Gasteiger partial charge >= 0.3 is 0 Å². The summed E-state index contributed by atoms with van der Waals surface area (Å²) in [6, 6.07) is 7.92. The van der Waals surface area contributed by atoms with E-state index in [2.05, 4.69) is 17.1 Å². The average Bonchev–Trinajstić information content (AvgIpc) is 2.53. The first-order valence-electron chi connectivity index (χ1n) is 5.01. The number of hydrogen-bond donors (Lipinski definition) is 2. The van der Waals surface area contributed by atoms with Crippen LogP contribution in [-0.2, 0) is 6.42 Å². The van der Waals surface area contributed by atoms with Crippen LogP contribution in [-0.4, -0.2) is 10.2 Å². The molecule has 3 nitrogen and oxygen atoms in total. The molecule has 2 rings (SSSR count). The molecule has 0 atom stereocenters. The number of H-pyrrole nitrogens is 1. The molecule has 3 heteroatoms. The van der Waals surface area contributed by atoms with Gasteiger partial charge in [-0.25, -0.2) is 0 Å². The quantitative estimate of drug-likeness (QED) is 0.732. The Hall–Kier alpha value is -1.77. The zero-order chi connectivity index (χ0) is 10.8. The lowest BCUT2D eigenvalue weighted by molar-refractivity contribution is 0.978. The second-order valence-corrected chi connectivity index (χ2v) is 3.84. The van der Waals surface area contributed by atoms with Gasteiger partial charge in [0.05, 0.1) is 5.69 Å². The first-order valence-corrected chi connectivity index (χ1v) is 5.01. The fraction of sp³-hybridized carbons (Fsp3) is 0.250. The van der Waals surface area contributed by atoms with E-state index in [0.29, 0.717) is 0 Å². The van der Waals surface area contributed by atoms with Crippen LogP contribution >= 0.6 is 0 Å². The van der Waals surface area contributed by atoms with Crippen molar-refractivity contribution in [2.24, 2.45) is 0 Å². The van der Waals surface area contributed by atoms with Crippen molar-refractivity contribution in [1.82, 2.24) is 10.2 Å². The fourth-order valence-corrected chi connectivity index (χ4v) is 1.54. The summed E-state index contributed by atoms with van der Waals surface area (Å²) >= 11 is 0. The molecular weight excluding hydrogens is 186 g/mol. The molecule has 1 aromatic carbocycles. The Morgan fingerprint density at radius 3 is 2.40 bits per heavy atom. The highest BCUT2D eigenvalue weighted by Gasteiger charge is 2.05. The van der Waals surface area contributed by atoms with Crippen LogP contribution in [0.3, 0.4) is 0 Å². The highest BCUT2D eigenvalue weighted by atomic mass is 15.1. The van der Waals surface area contributed by atoms with Gasteiger partial charge in [-0.2, -0.15) is 5.10 Å². The monoisotopic (exact) mass is 201 g/mol. The first kappa shape index (κ1) is 9.77. The van der Waals surface area contributed by atoms with E-state index < -0.39 is 0 Å². The summed E-state index contributed by atoms with van der Waals surface area (Å²) in [4.78, 5) is 0. The Balaban J connectivity index is 2.22. The number of aromatic nitrogens is 2. The van der Waals surface area contributed by atoms with Crippen molar-refractivity contribution in [3.8, 4) is 0 Å². The van der Waals surface area contributed by atoms with Crippen LogP contribution in [0, 0.1) is 13.8 Å². The van der Waals surface area contributed by atoms with Crippen LogP contribution in [0.1, 0.15) is 22.5 Å². The molecule has 3 N–H and O–H groups in total. The van der Waals surface area contributed by atoms with Crippen LogP contribution in [0.25, 0.3) is 0 Å². The van der Waals surface area contributed by atoms with Gasteiger partial charge in [0, 0.05) is 17.8 Å². The number of aryl methyl sites for hydroxylation is 1. The Morgan fingerprint density at radius 2 is 1.87 bits per heavy atom. The number of nitrogens with one attached hydrogen (secondary N) is 1. The van der Waals surface area contributed by atoms with E-state index in [4.69, 9.17) is 5.73 Å². The van der Waals surface area contributed by atoms with Crippen molar-refractivity contribution >= 4 is 5.69 Å². The predicted octanol–water partition coefficient (Wildman–Crippen LogP) is 2.20. The van der Waals surface area contributed by atoms with Gasteiger partial charge in [0.25, 0.3) is 0 Å². The highest BCUT2D eigenvalue weighted by molar-refractivity contribution is 5.40. The minimum atomic E-state index is 0.800. The Morgan fingerprint density at radius 1 is 1.20 bits per heavy atom. The number of benzene rings is 1. The molecule has 2 aromatic rings. The van der Waals surface area contributed by atoms with E-state index in [9.17, 15) is 0 Å². The van der Waals surface area contributed by atoms with Crippen molar-refractivity contribution in [2.45, 2.75) is 20.3 Å². The van der Waals surface area contributed by atoms with Crippen molar-refractivity contribution < 1.29 is 0 Å². The molecular formula is C12H15N3. The van der Waals surface area contributed by atoms with Crippen molar-refractivity contribution in [3.05, 3.63) is 46.8 Å². The molecule has 78 valence electrons. The third kappa shape index (κ3) is 2.01. The van der Waals surface area contributed by atoms with Crippen LogP contribution in [0.2, 0.25) is 0 Å². The molecule has 0 amide bonds. The van der Waals surface area contributed by atoms with E-state index in [1.54, 1.807) is 0 Å². The van der Waals surface area contributed by atoms with Crippen LogP contribution < -0.4 is 5.73 Å².